The first-order chi connectivity index (χ1) is 28.3. The highest BCUT2D eigenvalue weighted by Crippen LogP contribution is 2.41. The van der Waals surface area contributed by atoms with E-state index >= 15 is 0 Å². The van der Waals surface area contributed by atoms with E-state index in [4.69, 9.17) is 15.0 Å². The van der Waals surface area contributed by atoms with Gasteiger partial charge in [0, 0.05) is 33.2 Å². The fourth-order valence-electron chi connectivity index (χ4n) is 8.36. The fraction of sp³-hybridized carbons (Fsp3) is 0. The van der Waals surface area contributed by atoms with Gasteiger partial charge in [-0.3, -0.25) is 0 Å². The highest BCUT2D eigenvalue weighted by Gasteiger charge is 2.19. The Labute approximate surface area is 330 Å². The maximum atomic E-state index is 5.17. The van der Waals surface area contributed by atoms with Gasteiger partial charge in [0.05, 0.1) is 11.0 Å². The molecule has 0 aliphatic heterocycles. The van der Waals surface area contributed by atoms with Gasteiger partial charge in [-0.1, -0.05) is 176 Å². The van der Waals surface area contributed by atoms with Crippen molar-refractivity contribution in [2.45, 2.75) is 0 Å². The van der Waals surface area contributed by atoms with E-state index in [1.807, 2.05) is 36.4 Å². The summed E-state index contributed by atoms with van der Waals surface area (Å²) in [5.74, 6) is 1.90. The smallest absolute Gasteiger partial charge is 0.164 e. The van der Waals surface area contributed by atoms with E-state index in [0.717, 1.165) is 44.6 Å². The molecular weight excluding hydrogens is 693 g/mol. The number of aromatic nitrogens is 4. The number of nitrogens with zero attached hydrogens (tertiary/aromatic N) is 4. The van der Waals surface area contributed by atoms with Gasteiger partial charge in [0.2, 0.25) is 0 Å². The molecule has 0 aliphatic rings. The summed E-state index contributed by atoms with van der Waals surface area (Å²) in [7, 11) is 0. The predicted octanol–water partition coefficient (Wildman–Crippen LogP) is 13.6. The second-order valence-electron chi connectivity index (χ2n) is 14.4. The molecule has 11 rings (SSSR count). The van der Waals surface area contributed by atoms with Crippen molar-refractivity contribution in [2.24, 2.45) is 0 Å². The molecule has 0 saturated heterocycles. The Bertz CT molecular complexity index is 3180. The van der Waals surface area contributed by atoms with Crippen LogP contribution in [0.4, 0.5) is 0 Å². The minimum atomic E-state index is 0.629. The van der Waals surface area contributed by atoms with Crippen molar-refractivity contribution in [3.63, 3.8) is 0 Å². The monoisotopic (exact) mass is 726 g/mol. The molecule has 266 valence electrons. The summed E-state index contributed by atoms with van der Waals surface area (Å²) in [6, 6.07) is 72.8. The molecule has 0 radical (unpaired) electrons. The highest BCUT2D eigenvalue weighted by molar-refractivity contribution is 6.28. The molecule has 4 heteroatoms. The van der Waals surface area contributed by atoms with Crippen molar-refractivity contribution in [3.8, 4) is 62.1 Å². The summed E-state index contributed by atoms with van der Waals surface area (Å²) in [4.78, 5) is 15.3. The Balaban J connectivity index is 1.05. The van der Waals surface area contributed by atoms with Gasteiger partial charge >= 0.3 is 0 Å². The van der Waals surface area contributed by atoms with Crippen LogP contribution >= 0.6 is 0 Å². The van der Waals surface area contributed by atoms with E-state index in [0.29, 0.717) is 17.5 Å². The predicted molar refractivity (Wildman–Crippen MR) is 236 cm³/mol. The van der Waals surface area contributed by atoms with Gasteiger partial charge in [0.25, 0.3) is 0 Å². The molecule has 0 spiro atoms. The number of hydrogen-bond donors (Lipinski definition) is 0. The average Bonchev–Trinajstić information content (AvgIpc) is 3.65. The molecule has 0 amide bonds. The lowest BCUT2D eigenvalue weighted by Crippen LogP contribution is -2.01. The van der Waals surface area contributed by atoms with Crippen LogP contribution in [0, 0.1) is 0 Å². The van der Waals surface area contributed by atoms with Crippen molar-refractivity contribution >= 4 is 43.4 Å². The normalized spacial score (nSPS) is 11.5. The largest absolute Gasteiger partial charge is 0.309 e. The van der Waals surface area contributed by atoms with Crippen LogP contribution in [0.3, 0.4) is 0 Å². The summed E-state index contributed by atoms with van der Waals surface area (Å²) in [5.41, 5.74) is 10.7. The minimum absolute atomic E-state index is 0.629. The van der Waals surface area contributed by atoms with Crippen LogP contribution in [0.5, 0.6) is 0 Å². The quantitative estimate of drug-likeness (QED) is 0.171. The van der Waals surface area contributed by atoms with Gasteiger partial charge in [0.1, 0.15) is 0 Å². The maximum absolute atomic E-state index is 5.17. The van der Waals surface area contributed by atoms with E-state index < -0.39 is 0 Å². The zero-order chi connectivity index (χ0) is 37.7. The first kappa shape index (κ1) is 32.7. The molecule has 2 aromatic heterocycles. The molecule has 0 atom stereocenters. The molecule has 0 saturated carbocycles. The zero-order valence-corrected chi connectivity index (χ0v) is 30.9. The SMILES string of the molecule is c1ccc(-c2cccc(-c3nc(-c4ccccc4)nc(-c4ccccc4-c4ccc(-n5c6ccc7ccccc7c6c6c7ccccc7ccc65)cc4)n3)c2)cc1. The van der Waals surface area contributed by atoms with E-state index in [2.05, 4.69) is 174 Å². The molecule has 4 nitrogen and oxygen atoms in total. The first-order valence-electron chi connectivity index (χ1n) is 19.3. The molecule has 0 fully saturated rings. The van der Waals surface area contributed by atoms with Gasteiger partial charge in [-0.15, -0.1) is 0 Å². The van der Waals surface area contributed by atoms with Crippen LogP contribution in [0.25, 0.3) is 105 Å². The lowest BCUT2D eigenvalue weighted by Gasteiger charge is -2.13. The Morgan fingerprint density at radius 1 is 0.298 bits per heavy atom. The van der Waals surface area contributed by atoms with Crippen LogP contribution in [-0.4, -0.2) is 19.5 Å². The van der Waals surface area contributed by atoms with E-state index in [1.165, 1.54) is 43.4 Å². The number of fused-ring (bicyclic) bond motifs is 7. The standard InChI is InChI=1S/C53H34N4/c1-3-14-35(15-4-1)40-20-13-21-41(34-40)52-54-51(39-18-5-2-6-19-39)55-53(56-52)46-25-12-11-22-43(46)38-26-30-42(31-27-38)57-47-32-28-36-16-7-9-23-44(36)49(47)50-45-24-10-8-17-37(45)29-33-48(50)57/h1-34H. The van der Waals surface area contributed by atoms with Gasteiger partial charge in [-0.2, -0.15) is 0 Å². The fourth-order valence-corrected chi connectivity index (χ4v) is 8.36. The Hall–Kier alpha value is -7.69. The van der Waals surface area contributed by atoms with Crippen molar-refractivity contribution in [1.29, 1.82) is 0 Å². The molecule has 0 N–H and O–H groups in total. The first-order valence-corrected chi connectivity index (χ1v) is 19.3. The Kier molecular flexibility index (Phi) is 7.78. The zero-order valence-electron chi connectivity index (χ0n) is 30.9. The van der Waals surface area contributed by atoms with Crippen LogP contribution < -0.4 is 0 Å². The molecule has 9 aromatic carbocycles. The number of rotatable bonds is 6. The van der Waals surface area contributed by atoms with Gasteiger partial charge < -0.3 is 4.57 Å². The summed E-state index contributed by atoms with van der Waals surface area (Å²) < 4.78 is 2.41. The molecule has 0 aliphatic carbocycles. The Morgan fingerprint density at radius 3 is 1.44 bits per heavy atom. The van der Waals surface area contributed by atoms with Crippen molar-refractivity contribution in [2.75, 3.05) is 0 Å². The maximum Gasteiger partial charge on any atom is 0.164 e. The third-order valence-corrected chi connectivity index (χ3v) is 11.0. The second-order valence-corrected chi connectivity index (χ2v) is 14.4. The summed E-state index contributed by atoms with van der Waals surface area (Å²) in [6.45, 7) is 0. The number of benzene rings is 9. The van der Waals surface area contributed by atoms with E-state index in [1.54, 1.807) is 0 Å². The summed E-state index contributed by atoms with van der Waals surface area (Å²) in [5, 5.41) is 7.57. The van der Waals surface area contributed by atoms with Gasteiger partial charge in [-0.05, 0) is 74.1 Å². The molecule has 0 bridgehead atoms. The van der Waals surface area contributed by atoms with Gasteiger partial charge in [0.15, 0.2) is 17.5 Å². The molecular formula is C53H34N4. The third kappa shape index (κ3) is 5.66. The average molecular weight is 727 g/mol. The van der Waals surface area contributed by atoms with Crippen LogP contribution in [-0.2, 0) is 0 Å². The lowest BCUT2D eigenvalue weighted by molar-refractivity contribution is 1.07. The topological polar surface area (TPSA) is 43.6 Å². The van der Waals surface area contributed by atoms with Crippen molar-refractivity contribution < 1.29 is 0 Å². The van der Waals surface area contributed by atoms with E-state index in [9.17, 15) is 0 Å². The lowest BCUT2D eigenvalue weighted by atomic mass is 9.98. The molecule has 2 heterocycles. The highest BCUT2D eigenvalue weighted by atomic mass is 15.0. The molecule has 57 heavy (non-hydrogen) atoms. The second kappa shape index (κ2) is 13.6. The van der Waals surface area contributed by atoms with Crippen LogP contribution in [0.1, 0.15) is 0 Å². The van der Waals surface area contributed by atoms with Crippen molar-refractivity contribution in [1.82, 2.24) is 19.5 Å². The third-order valence-electron chi connectivity index (χ3n) is 11.0. The summed E-state index contributed by atoms with van der Waals surface area (Å²) >= 11 is 0. The minimum Gasteiger partial charge on any atom is -0.309 e. The van der Waals surface area contributed by atoms with Gasteiger partial charge in [-0.25, -0.2) is 15.0 Å². The van der Waals surface area contributed by atoms with E-state index in [-0.39, 0.29) is 0 Å². The van der Waals surface area contributed by atoms with Crippen molar-refractivity contribution in [3.05, 3.63) is 206 Å². The van der Waals surface area contributed by atoms with Crippen LogP contribution in [0.2, 0.25) is 0 Å². The number of hydrogen-bond acceptors (Lipinski definition) is 3. The summed E-state index contributed by atoms with van der Waals surface area (Å²) in [6.07, 6.45) is 0. The van der Waals surface area contributed by atoms with Crippen LogP contribution in [0.15, 0.2) is 206 Å². The molecule has 11 aromatic rings. The Morgan fingerprint density at radius 2 is 0.789 bits per heavy atom. The molecule has 0 unspecified atom stereocenters.